The number of halogens is 1. The van der Waals surface area contributed by atoms with Crippen LogP contribution in [-0.4, -0.2) is 23.3 Å². The Bertz CT molecular complexity index is 1060. The summed E-state index contributed by atoms with van der Waals surface area (Å²) in [5.41, 5.74) is 3.01. The van der Waals surface area contributed by atoms with Crippen molar-refractivity contribution < 1.29 is 18.7 Å². The van der Waals surface area contributed by atoms with E-state index in [9.17, 15) is 14.0 Å². The van der Waals surface area contributed by atoms with Gasteiger partial charge in [-0.1, -0.05) is 30.3 Å². The number of nitrogens with zero attached hydrogens (tertiary/aromatic N) is 1. The van der Waals surface area contributed by atoms with E-state index in [2.05, 4.69) is 5.32 Å². The van der Waals surface area contributed by atoms with E-state index in [1.165, 1.54) is 12.1 Å². The van der Waals surface area contributed by atoms with Crippen LogP contribution in [0.25, 0.3) is 0 Å². The number of rotatable bonds is 7. The molecule has 2 amide bonds. The second kappa shape index (κ2) is 9.43. The molecule has 4 rings (SSSR count). The van der Waals surface area contributed by atoms with E-state index in [1.807, 2.05) is 17.0 Å². The number of nitrogens with one attached hydrogen (secondary N) is 1. The Balaban J connectivity index is 1.34. The molecule has 1 aliphatic heterocycles. The Morgan fingerprint density at radius 3 is 2.45 bits per heavy atom. The van der Waals surface area contributed by atoms with Crippen LogP contribution in [0.3, 0.4) is 0 Å². The molecule has 0 atom stereocenters. The van der Waals surface area contributed by atoms with Crippen LogP contribution in [0.1, 0.15) is 34.3 Å². The van der Waals surface area contributed by atoms with E-state index in [0.717, 1.165) is 24.1 Å². The molecule has 6 heteroatoms. The maximum Gasteiger partial charge on any atom is 0.255 e. The first kappa shape index (κ1) is 20.6. The minimum absolute atomic E-state index is 0.184. The summed E-state index contributed by atoms with van der Waals surface area (Å²) in [6.07, 6.45) is 1.53. The Morgan fingerprint density at radius 2 is 1.74 bits per heavy atom. The van der Waals surface area contributed by atoms with E-state index in [4.69, 9.17) is 4.74 Å². The lowest BCUT2D eigenvalue weighted by Crippen LogP contribution is -2.23. The van der Waals surface area contributed by atoms with Crippen molar-refractivity contribution in [2.75, 3.05) is 11.9 Å². The first-order valence-electron chi connectivity index (χ1n) is 10.2. The Kier molecular flexibility index (Phi) is 6.26. The Hall–Kier alpha value is -3.67. The van der Waals surface area contributed by atoms with Gasteiger partial charge in [0, 0.05) is 36.8 Å². The van der Waals surface area contributed by atoms with Gasteiger partial charge in [0.15, 0.2) is 0 Å². The van der Waals surface area contributed by atoms with Crippen molar-refractivity contribution in [2.45, 2.75) is 26.0 Å². The fourth-order valence-corrected chi connectivity index (χ4v) is 3.47. The number of anilines is 1. The molecule has 0 unspecified atom stereocenters. The molecule has 3 aromatic rings. The molecular formula is C25H23FN2O3. The molecule has 1 fully saturated rings. The van der Waals surface area contributed by atoms with Crippen LogP contribution in [0.5, 0.6) is 5.75 Å². The number of hydrogen-bond acceptors (Lipinski definition) is 3. The van der Waals surface area contributed by atoms with Crippen molar-refractivity contribution in [1.82, 2.24) is 4.90 Å². The molecule has 158 valence electrons. The lowest BCUT2D eigenvalue weighted by molar-refractivity contribution is -0.128. The highest BCUT2D eigenvalue weighted by molar-refractivity contribution is 6.04. The van der Waals surface area contributed by atoms with Gasteiger partial charge in [-0.15, -0.1) is 0 Å². The van der Waals surface area contributed by atoms with Crippen molar-refractivity contribution in [2.24, 2.45) is 0 Å². The number of carbonyl (C=O) groups excluding carboxylic acids is 2. The summed E-state index contributed by atoms with van der Waals surface area (Å²) in [5, 5.41) is 2.87. The third-order valence-corrected chi connectivity index (χ3v) is 5.17. The summed E-state index contributed by atoms with van der Waals surface area (Å²) in [5.74, 6) is 0.279. The zero-order valence-electron chi connectivity index (χ0n) is 17.0. The van der Waals surface area contributed by atoms with Crippen LogP contribution >= 0.6 is 0 Å². The van der Waals surface area contributed by atoms with Crippen LogP contribution in [-0.2, 0) is 17.9 Å². The van der Waals surface area contributed by atoms with E-state index >= 15 is 0 Å². The normalized spacial score (nSPS) is 13.3. The molecular weight excluding hydrogens is 395 g/mol. The topological polar surface area (TPSA) is 58.6 Å². The number of likely N-dealkylation sites (tertiary alicyclic amines) is 1. The number of benzene rings is 3. The van der Waals surface area contributed by atoms with Gasteiger partial charge in [-0.25, -0.2) is 4.39 Å². The van der Waals surface area contributed by atoms with E-state index in [1.54, 1.807) is 48.5 Å². The van der Waals surface area contributed by atoms with Gasteiger partial charge in [0.25, 0.3) is 5.91 Å². The fourth-order valence-electron chi connectivity index (χ4n) is 3.47. The smallest absolute Gasteiger partial charge is 0.255 e. The molecule has 1 aliphatic rings. The SMILES string of the molecule is O=C(Nc1cccc(OCc2ccc(F)cc2)c1)c1ccc(CN2CCCC2=O)cc1. The third-order valence-electron chi connectivity index (χ3n) is 5.17. The summed E-state index contributed by atoms with van der Waals surface area (Å²) < 4.78 is 18.7. The van der Waals surface area contributed by atoms with Crippen LogP contribution in [0.2, 0.25) is 0 Å². The van der Waals surface area contributed by atoms with Crippen LogP contribution in [0.15, 0.2) is 72.8 Å². The summed E-state index contributed by atoms with van der Waals surface area (Å²) in [6, 6.07) is 20.5. The summed E-state index contributed by atoms with van der Waals surface area (Å²) in [7, 11) is 0. The summed E-state index contributed by atoms with van der Waals surface area (Å²) >= 11 is 0. The maximum absolute atomic E-state index is 13.0. The fraction of sp³-hybridized carbons (Fsp3) is 0.200. The summed E-state index contributed by atoms with van der Waals surface area (Å²) in [6.45, 7) is 1.67. The monoisotopic (exact) mass is 418 g/mol. The van der Waals surface area contributed by atoms with Gasteiger partial charge in [-0.3, -0.25) is 9.59 Å². The number of carbonyl (C=O) groups is 2. The molecule has 0 radical (unpaired) electrons. The van der Waals surface area contributed by atoms with E-state index in [-0.39, 0.29) is 17.6 Å². The van der Waals surface area contributed by atoms with E-state index < -0.39 is 0 Å². The standard InChI is InChI=1S/C25H23FN2O3/c26-21-12-8-19(9-13-21)17-31-23-4-1-3-22(15-23)27-25(30)20-10-6-18(7-11-20)16-28-14-2-5-24(28)29/h1,3-4,6-13,15H,2,5,14,16-17H2,(H,27,30). The quantitative estimate of drug-likeness (QED) is 0.601. The lowest BCUT2D eigenvalue weighted by Gasteiger charge is -2.15. The molecule has 5 nitrogen and oxygen atoms in total. The molecule has 1 heterocycles. The minimum Gasteiger partial charge on any atom is -0.489 e. The third kappa shape index (κ3) is 5.48. The minimum atomic E-state index is -0.286. The zero-order valence-corrected chi connectivity index (χ0v) is 17.0. The highest BCUT2D eigenvalue weighted by atomic mass is 19.1. The average Bonchev–Trinajstić information content (AvgIpc) is 3.18. The van der Waals surface area contributed by atoms with Crippen molar-refractivity contribution in [3.63, 3.8) is 0 Å². The molecule has 0 aliphatic carbocycles. The predicted molar refractivity (Wildman–Crippen MR) is 116 cm³/mol. The Morgan fingerprint density at radius 1 is 1.00 bits per heavy atom. The van der Waals surface area contributed by atoms with Crippen molar-refractivity contribution in [3.8, 4) is 5.75 Å². The maximum atomic E-state index is 13.0. The zero-order chi connectivity index (χ0) is 21.6. The second-order valence-corrected chi connectivity index (χ2v) is 7.51. The molecule has 0 aromatic heterocycles. The second-order valence-electron chi connectivity index (χ2n) is 7.51. The van der Waals surface area contributed by atoms with Crippen LogP contribution in [0, 0.1) is 5.82 Å². The molecule has 0 saturated carbocycles. The van der Waals surface area contributed by atoms with Gasteiger partial charge < -0.3 is 15.0 Å². The van der Waals surface area contributed by atoms with Gasteiger partial charge >= 0.3 is 0 Å². The first-order valence-corrected chi connectivity index (χ1v) is 10.2. The molecule has 3 aromatic carbocycles. The van der Waals surface area contributed by atoms with Gasteiger partial charge in [0.2, 0.25) is 5.91 Å². The van der Waals surface area contributed by atoms with Gasteiger partial charge in [-0.05, 0) is 53.9 Å². The Labute approximate surface area is 180 Å². The van der Waals surface area contributed by atoms with E-state index in [0.29, 0.717) is 36.6 Å². The van der Waals surface area contributed by atoms with Crippen molar-refractivity contribution in [3.05, 3.63) is 95.3 Å². The largest absolute Gasteiger partial charge is 0.489 e. The number of ether oxygens (including phenoxy) is 1. The molecule has 1 N–H and O–H groups in total. The highest BCUT2D eigenvalue weighted by Gasteiger charge is 2.20. The van der Waals surface area contributed by atoms with Crippen molar-refractivity contribution >= 4 is 17.5 Å². The molecule has 31 heavy (non-hydrogen) atoms. The summed E-state index contributed by atoms with van der Waals surface area (Å²) in [4.78, 5) is 26.2. The number of hydrogen-bond donors (Lipinski definition) is 1. The van der Waals surface area contributed by atoms with Gasteiger partial charge in [-0.2, -0.15) is 0 Å². The predicted octanol–water partition coefficient (Wildman–Crippen LogP) is 4.78. The van der Waals surface area contributed by atoms with Crippen LogP contribution in [0.4, 0.5) is 10.1 Å². The first-order chi connectivity index (χ1) is 15.1. The molecule has 0 bridgehead atoms. The molecule has 0 spiro atoms. The molecule has 1 saturated heterocycles. The van der Waals surface area contributed by atoms with Gasteiger partial charge in [0.1, 0.15) is 18.2 Å². The number of amides is 2. The highest BCUT2D eigenvalue weighted by Crippen LogP contribution is 2.20. The van der Waals surface area contributed by atoms with Crippen molar-refractivity contribution in [1.29, 1.82) is 0 Å². The van der Waals surface area contributed by atoms with Gasteiger partial charge in [0.05, 0.1) is 0 Å². The lowest BCUT2D eigenvalue weighted by atomic mass is 10.1. The van der Waals surface area contributed by atoms with Crippen LogP contribution < -0.4 is 10.1 Å². The average molecular weight is 418 g/mol.